The predicted molar refractivity (Wildman–Crippen MR) is 115 cm³/mol. The Kier molecular flexibility index (Phi) is 6.03. The number of rotatable bonds is 7. The first-order valence-electron chi connectivity index (χ1n) is 9.87. The first-order chi connectivity index (χ1) is 15.9. The Hall–Kier alpha value is -4.66. The Bertz CT molecular complexity index is 1260. The first-order valence-corrected chi connectivity index (χ1v) is 9.87. The van der Waals surface area contributed by atoms with E-state index >= 15 is 0 Å². The summed E-state index contributed by atoms with van der Waals surface area (Å²) in [6.45, 7) is -0.0507. The quantitative estimate of drug-likeness (QED) is 0.421. The van der Waals surface area contributed by atoms with Crippen LogP contribution in [-0.4, -0.2) is 33.8 Å². The van der Waals surface area contributed by atoms with Gasteiger partial charge in [0.15, 0.2) is 0 Å². The summed E-state index contributed by atoms with van der Waals surface area (Å²) < 4.78 is 11.0. The molecule has 4 rings (SSSR count). The number of ether oxygens (including phenoxy) is 1. The number of imide groups is 2. The monoisotopic (exact) mass is 446 g/mol. The summed E-state index contributed by atoms with van der Waals surface area (Å²) in [5.41, 5.74) is 0.985. The predicted octanol–water partition coefficient (Wildman–Crippen LogP) is 3.22. The molecule has 3 aromatic rings. The van der Waals surface area contributed by atoms with E-state index in [2.05, 4.69) is 5.32 Å². The first kappa shape index (κ1) is 21.6. The van der Waals surface area contributed by atoms with Gasteiger partial charge in [-0.05, 0) is 42.0 Å². The van der Waals surface area contributed by atoms with Crippen LogP contribution in [-0.2, 0) is 22.7 Å². The Balaban J connectivity index is 1.57. The molecule has 0 aliphatic carbocycles. The summed E-state index contributed by atoms with van der Waals surface area (Å²) in [7, 11) is 0. The Labute approximate surface area is 187 Å². The molecule has 0 atom stereocenters. The number of nitrogens with zero attached hydrogens (tertiary/aromatic N) is 1. The number of hydrogen-bond donors (Lipinski definition) is 2. The van der Waals surface area contributed by atoms with Gasteiger partial charge in [0.1, 0.15) is 23.7 Å². The number of benzene rings is 2. The molecule has 1 aliphatic rings. The highest BCUT2D eigenvalue weighted by Crippen LogP contribution is 2.24. The second-order valence-corrected chi connectivity index (χ2v) is 7.12. The largest absolute Gasteiger partial charge is 0.488 e. The van der Waals surface area contributed by atoms with E-state index in [9.17, 15) is 19.2 Å². The van der Waals surface area contributed by atoms with Crippen molar-refractivity contribution in [2.75, 3.05) is 0 Å². The van der Waals surface area contributed by atoms with E-state index in [1.807, 2.05) is 0 Å². The minimum atomic E-state index is -1.04. The molecule has 9 heteroatoms. The van der Waals surface area contributed by atoms with Crippen molar-refractivity contribution in [2.24, 2.45) is 0 Å². The Morgan fingerprint density at radius 2 is 1.88 bits per heavy atom. The van der Waals surface area contributed by atoms with Crippen molar-refractivity contribution in [3.05, 3.63) is 95.0 Å². The molecule has 2 N–H and O–H groups in total. The van der Waals surface area contributed by atoms with Gasteiger partial charge in [-0.15, -0.1) is 0 Å². The molecule has 166 valence electrons. The molecule has 4 amide bonds. The Morgan fingerprint density at radius 1 is 1.06 bits per heavy atom. The van der Waals surface area contributed by atoms with Gasteiger partial charge in [-0.25, -0.2) is 9.59 Å². The van der Waals surface area contributed by atoms with E-state index < -0.39 is 23.8 Å². The molecule has 0 saturated carbocycles. The van der Waals surface area contributed by atoms with E-state index in [4.69, 9.17) is 14.3 Å². The highest BCUT2D eigenvalue weighted by molar-refractivity contribution is 6.31. The van der Waals surface area contributed by atoms with Crippen molar-refractivity contribution < 1.29 is 33.4 Å². The molecule has 0 bridgehead atoms. The van der Waals surface area contributed by atoms with Crippen LogP contribution < -0.4 is 10.1 Å². The van der Waals surface area contributed by atoms with Crippen LogP contribution in [0.4, 0.5) is 4.79 Å². The molecule has 0 spiro atoms. The summed E-state index contributed by atoms with van der Waals surface area (Å²) in [4.78, 5) is 49.5. The van der Waals surface area contributed by atoms with Crippen molar-refractivity contribution in [1.29, 1.82) is 0 Å². The molecule has 2 heterocycles. The van der Waals surface area contributed by atoms with Crippen LogP contribution in [0.1, 0.15) is 27.2 Å². The van der Waals surface area contributed by atoms with Gasteiger partial charge in [-0.3, -0.25) is 19.8 Å². The second kappa shape index (κ2) is 9.23. The number of hydrogen-bond acceptors (Lipinski definition) is 6. The molecule has 0 radical (unpaired) electrons. The molecule has 2 aromatic carbocycles. The molecule has 0 unspecified atom stereocenters. The summed E-state index contributed by atoms with van der Waals surface area (Å²) >= 11 is 0. The number of barbiturate groups is 1. The number of carboxylic acids is 1. The zero-order valence-electron chi connectivity index (χ0n) is 17.2. The van der Waals surface area contributed by atoms with Gasteiger partial charge in [0.05, 0.1) is 18.4 Å². The minimum absolute atomic E-state index is 0.0740. The SMILES string of the molecule is O=C1NC(=O)N(Cc2ccco2)C(=O)C1=Cc1ccccc1OCc1cccc(C(=O)O)c1. The number of amides is 4. The molecular weight excluding hydrogens is 428 g/mol. The average molecular weight is 446 g/mol. The number of urea groups is 1. The standard InChI is InChI=1S/C24H18N2O7/c27-21-19(22(28)26(24(31)25-21)13-18-8-4-10-32-18)12-16-6-1-2-9-20(16)33-14-15-5-3-7-17(11-15)23(29)30/h1-12H,13-14H2,(H,29,30)(H,25,27,31). The van der Waals surface area contributed by atoms with Crippen LogP contribution in [0.3, 0.4) is 0 Å². The maximum Gasteiger partial charge on any atom is 0.335 e. The lowest BCUT2D eigenvalue weighted by molar-refractivity contribution is -0.130. The lowest BCUT2D eigenvalue weighted by Crippen LogP contribution is -2.53. The van der Waals surface area contributed by atoms with E-state index in [-0.39, 0.29) is 24.3 Å². The summed E-state index contributed by atoms with van der Waals surface area (Å²) in [5, 5.41) is 11.3. The molecule has 9 nitrogen and oxygen atoms in total. The van der Waals surface area contributed by atoms with Crippen LogP contribution in [0.15, 0.2) is 76.9 Å². The third-order valence-electron chi connectivity index (χ3n) is 4.87. The lowest BCUT2D eigenvalue weighted by atomic mass is 10.1. The molecule has 1 saturated heterocycles. The highest BCUT2D eigenvalue weighted by Gasteiger charge is 2.36. The van der Waals surface area contributed by atoms with Gasteiger partial charge in [0.2, 0.25) is 0 Å². The van der Waals surface area contributed by atoms with Gasteiger partial charge >= 0.3 is 12.0 Å². The summed E-state index contributed by atoms with van der Waals surface area (Å²) in [5.74, 6) is -1.86. The van der Waals surface area contributed by atoms with Crippen LogP contribution >= 0.6 is 0 Å². The van der Waals surface area contributed by atoms with Crippen LogP contribution in [0.25, 0.3) is 6.08 Å². The van der Waals surface area contributed by atoms with Crippen molar-refractivity contribution in [3.8, 4) is 5.75 Å². The number of furan rings is 1. The van der Waals surface area contributed by atoms with Gasteiger partial charge in [-0.1, -0.05) is 30.3 Å². The normalized spacial score (nSPS) is 15.0. The van der Waals surface area contributed by atoms with E-state index in [0.29, 0.717) is 22.6 Å². The van der Waals surface area contributed by atoms with Crippen molar-refractivity contribution in [1.82, 2.24) is 10.2 Å². The summed E-state index contributed by atoms with van der Waals surface area (Å²) in [6.07, 6.45) is 2.77. The molecule has 1 fully saturated rings. The number of carboxylic acid groups (broad SMARTS) is 1. The second-order valence-electron chi connectivity index (χ2n) is 7.12. The number of nitrogens with one attached hydrogen (secondary N) is 1. The fourth-order valence-corrected chi connectivity index (χ4v) is 3.24. The summed E-state index contributed by atoms with van der Waals surface area (Å²) in [6, 6.07) is 15.5. The molecule has 1 aromatic heterocycles. The number of carbonyl (C=O) groups excluding carboxylic acids is 3. The fourth-order valence-electron chi connectivity index (χ4n) is 3.24. The fraction of sp³-hybridized carbons (Fsp3) is 0.0833. The zero-order valence-corrected chi connectivity index (χ0v) is 17.2. The number of aromatic carboxylic acids is 1. The van der Waals surface area contributed by atoms with Crippen molar-refractivity contribution in [2.45, 2.75) is 13.2 Å². The van der Waals surface area contributed by atoms with Gasteiger partial charge in [0.25, 0.3) is 11.8 Å². The molecule has 33 heavy (non-hydrogen) atoms. The van der Waals surface area contributed by atoms with Crippen molar-refractivity contribution >= 4 is 29.9 Å². The lowest BCUT2D eigenvalue weighted by Gasteiger charge is -2.25. The van der Waals surface area contributed by atoms with E-state index in [1.165, 1.54) is 24.5 Å². The third-order valence-corrected chi connectivity index (χ3v) is 4.87. The number of carbonyl (C=O) groups is 4. The van der Waals surface area contributed by atoms with Crippen LogP contribution in [0.2, 0.25) is 0 Å². The molecular formula is C24H18N2O7. The van der Waals surface area contributed by atoms with Crippen molar-refractivity contribution in [3.63, 3.8) is 0 Å². The van der Waals surface area contributed by atoms with Crippen LogP contribution in [0.5, 0.6) is 5.75 Å². The van der Waals surface area contributed by atoms with Gasteiger partial charge in [-0.2, -0.15) is 0 Å². The van der Waals surface area contributed by atoms with Crippen LogP contribution in [0, 0.1) is 0 Å². The third kappa shape index (κ3) is 4.82. The topological polar surface area (TPSA) is 126 Å². The smallest absolute Gasteiger partial charge is 0.335 e. The van der Waals surface area contributed by atoms with E-state index in [1.54, 1.807) is 48.5 Å². The number of para-hydroxylation sites is 1. The van der Waals surface area contributed by atoms with Gasteiger partial charge < -0.3 is 14.3 Å². The van der Waals surface area contributed by atoms with E-state index in [0.717, 1.165) is 4.90 Å². The Morgan fingerprint density at radius 3 is 2.64 bits per heavy atom. The zero-order chi connectivity index (χ0) is 23.4. The average Bonchev–Trinajstić information content (AvgIpc) is 3.32. The van der Waals surface area contributed by atoms with Gasteiger partial charge in [0, 0.05) is 5.56 Å². The molecule has 1 aliphatic heterocycles. The minimum Gasteiger partial charge on any atom is -0.488 e. The maximum atomic E-state index is 12.9. The highest BCUT2D eigenvalue weighted by atomic mass is 16.5. The maximum absolute atomic E-state index is 12.9.